The smallest absolute Gasteiger partial charge is 0.414 e. The SMILES string of the molecule is N#Cc1ccc(N(CCS(=O)(=O)Cl)C(=O)OCc2ccccc2)cc1. The van der Waals surface area contributed by atoms with Crippen LogP contribution in [0.25, 0.3) is 0 Å². The van der Waals surface area contributed by atoms with Crippen molar-refractivity contribution < 1.29 is 17.9 Å². The van der Waals surface area contributed by atoms with Crippen molar-refractivity contribution in [3.63, 3.8) is 0 Å². The molecule has 25 heavy (non-hydrogen) atoms. The van der Waals surface area contributed by atoms with Gasteiger partial charge in [-0.3, -0.25) is 4.90 Å². The van der Waals surface area contributed by atoms with Crippen molar-refractivity contribution >= 4 is 31.5 Å². The summed E-state index contributed by atoms with van der Waals surface area (Å²) in [6.45, 7) is -0.106. The molecule has 0 aliphatic rings. The van der Waals surface area contributed by atoms with Gasteiger partial charge in [-0.05, 0) is 29.8 Å². The molecule has 130 valence electrons. The van der Waals surface area contributed by atoms with E-state index in [4.69, 9.17) is 20.7 Å². The average Bonchev–Trinajstić information content (AvgIpc) is 2.60. The second kappa shape index (κ2) is 8.51. The summed E-state index contributed by atoms with van der Waals surface area (Å²) in [5, 5.41) is 8.84. The van der Waals surface area contributed by atoms with E-state index >= 15 is 0 Å². The van der Waals surface area contributed by atoms with Gasteiger partial charge in [0.05, 0.1) is 17.4 Å². The second-order valence-electron chi connectivity index (χ2n) is 5.09. The molecule has 0 saturated heterocycles. The van der Waals surface area contributed by atoms with E-state index in [0.29, 0.717) is 11.3 Å². The summed E-state index contributed by atoms with van der Waals surface area (Å²) in [5.41, 5.74) is 1.64. The maximum atomic E-state index is 12.4. The summed E-state index contributed by atoms with van der Waals surface area (Å²) in [5.74, 6) is -0.422. The first kappa shape index (κ1) is 18.8. The monoisotopic (exact) mass is 378 g/mol. The molecular weight excluding hydrogens is 364 g/mol. The zero-order valence-corrected chi connectivity index (χ0v) is 14.7. The molecule has 6 nitrogen and oxygen atoms in total. The topological polar surface area (TPSA) is 87.5 Å². The number of nitrogens with zero attached hydrogens (tertiary/aromatic N) is 2. The van der Waals surface area contributed by atoms with Crippen LogP contribution in [0.15, 0.2) is 54.6 Å². The third-order valence-corrected chi connectivity index (χ3v) is 4.43. The molecule has 0 aliphatic carbocycles. The maximum absolute atomic E-state index is 12.4. The van der Waals surface area contributed by atoms with Gasteiger partial charge >= 0.3 is 6.09 Å². The Kier molecular flexibility index (Phi) is 6.39. The molecule has 2 rings (SSSR count). The van der Waals surface area contributed by atoms with Crippen molar-refractivity contribution in [1.29, 1.82) is 5.26 Å². The number of nitriles is 1. The van der Waals surface area contributed by atoms with Crippen molar-refractivity contribution in [1.82, 2.24) is 0 Å². The first-order chi connectivity index (χ1) is 11.9. The number of hydrogen-bond donors (Lipinski definition) is 0. The summed E-state index contributed by atoms with van der Waals surface area (Å²) in [6.07, 6.45) is -0.700. The first-order valence-electron chi connectivity index (χ1n) is 7.30. The van der Waals surface area contributed by atoms with Gasteiger partial charge in [0.2, 0.25) is 9.05 Å². The van der Waals surface area contributed by atoms with Crippen molar-refractivity contribution in [3.05, 3.63) is 65.7 Å². The number of carbonyl (C=O) groups excluding carboxylic acids is 1. The van der Waals surface area contributed by atoms with Gasteiger partial charge in [0.15, 0.2) is 0 Å². The number of carbonyl (C=O) groups is 1. The molecule has 0 spiro atoms. The van der Waals surface area contributed by atoms with Gasteiger partial charge in [0, 0.05) is 22.9 Å². The molecule has 0 N–H and O–H groups in total. The van der Waals surface area contributed by atoms with Gasteiger partial charge in [-0.2, -0.15) is 5.26 Å². The van der Waals surface area contributed by atoms with Crippen LogP contribution in [-0.4, -0.2) is 26.8 Å². The number of rotatable bonds is 6. The standard InChI is InChI=1S/C17H15ClN2O4S/c18-25(22,23)11-10-20(16-8-6-14(12-19)7-9-16)17(21)24-13-15-4-2-1-3-5-15/h1-9H,10-11,13H2. The Morgan fingerprint density at radius 1 is 1.12 bits per heavy atom. The number of benzene rings is 2. The van der Waals surface area contributed by atoms with E-state index in [9.17, 15) is 13.2 Å². The fourth-order valence-corrected chi connectivity index (χ4v) is 2.65. The maximum Gasteiger partial charge on any atom is 0.414 e. The Balaban J connectivity index is 2.14. The number of hydrogen-bond acceptors (Lipinski definition) is 5. The Labute approximate surface area is 150 Å². The average molecular weight is 379 g/mol. The van der Waals surface area contributed by atoms with Crippen LogP contribution in [0.3, 0.4) is 0 Å². The van der Waals surface area contributed by atoms with Crippen molar-refractivity contribution in [2.45, 2.75) is 6.61 Å². The lowest BCUT2D eigenvalue weighted by Crippen LogP contribution is -2.35. The molecule has 0 aliphatic heterocycles. The molecule has 0 heterocycles. The van der Waals surface area contributed by atoms with Gasteiger partial charge in [-0.1, -0.05) is 30.3 Å². The Morgan fingerprint density at radius 3 is 2.32 bits per heavy atom. The summed E-state index contributed by atoms with van der Waals surface area (Å²) < 4.78 is 27.7. The van der Waals surface area contributed by atoms with Crippen molar-refractivity contribution in [3.8, 4) is 6.07 Å². The third-order valence-electron chi connectivity index (χ3n) is 3.29. The van der Waals surface area contributed by atoms with Crippen LogP contribution >= 0.6 is 10.7 Å². The molecule has 0 atom stereocenters. The van der Waals surface area contributed by atoms with E-state index in [2.05, 4.69) is 0 Å². The minimum Gasteiger partial charge on any atom is -0.444 e. The zero-order chi connectivity index (χ0) is 18.3. The highest BCUT2D eigenvalue weighted by atomic mass is 35.7. The first-order valence-corrected chi connectivity index (χ1v) is 9.77. The van der Waals surface area contributed by atoms with Gasteiger partial charge in [-0.15, -0.1) is 0 Å². The Hall–Kier alpha value is -2.56. The fraction of sp³-hybridized carbons (Fsp3) is 0.176. The summed E-state index contributed by atoms with van der Waals surface area (Å²) in [4.78, 5) is 13.6. The fourth-order valence-electron chi connectivity index (χ4n) is 2.04. The predicted octanol–water partition coefficient (Wildman–Crippen LogP) is 3.27. The second-order valence-corrected chi connectivity index (χ2v) is 7.99. The molecule has 0 fully saturated rings. The van der Waals surface area contributed by atoms with E-state index in [-0.39, 0.29) is 13.2 Å². The number of ether oxygens (including phenoxy) is 1. The van der Waals surface area contributed by atoms with Gasteiger partial charge in [0.25, 0.3) is 0 Å². The largest absolute Gasteiger partial charge is 0.444 e. The van der Waals surface area contributed by atoms with Crippen LogP contribution in [-0.2, 0) is 20.4 Å². The highest BCUT2D eigenvalue weighted by Gasteiger charge is 2.20. The quantitative estimate of drug-likeness (QED) is 0.720. The third kappa shape index (κ3) is 6.10. The Morgan fingerprint density at radius 2 is 1.76 bits per heavy atom. The molecule has 8 heteroatoms. The van der Waals surface area contributed by atoms with E-state index < -0.39 is 20.9 Å². The van der Waals surface area contributed by atoms with E-state index in [1.165, 1.54) is 17.0 Å². The van der Waals surface area contributed by atoms with E-state index in [1.54, 1.807) is 12.1 Å². The van der Waals surface area contributed by atoms with Crippen LogP contribution < -0.4 is 4.90 Å². The lowest BCUT2D eigenvalue weighted by atomic mass is 10.2. The molecule has 2 aromatic carbocycles. The molecule has 0 radical (unpaired) electrons. The molecule has 0 bridgehead atoms. The minimum atomic E-state index is -3.77. The summed E-state index contributed by atoms with van der Waals surface area (Å²) in [7, 11) is 1.47. The van der Waals surface area contributed by atoms with Crippen LogP contribution in [0.5, 0.6) is 0 Å². The van der Waals surface area contributed by atoms with Crippen molar-refractivity contribution in [2.24, 2.45) is 0 Å². The van der Waals surface area contributed by atoms with E-state index in [1.807, 2.05) is 36.4 Å². The zero-order valence-electron chi connectivity index (χ0n) is 13.1. The normalized spacial score (nSPS) is 10.7. The number of anilines is 1. The van der Waals surface area contributed by atoms with Crippen LogP contribution in [0.4, 0.5) is 10.5 Å². The number of halogens is 1. The molecule has 0 unspecified atom stereocenters. The summed E-state index contributed by atoms with van der Waals surface area (Å²) in [6, 6.07) is 17.2. The highest BCUT2D eigenvalue weighted by Crippen LogP contribution is 2.17. The number of amides is 1. The van der Waals surface area contributed by atoms with Crippen LogP contribution in [0.1, 0.15) is 11.1 Å². The van der Waals surface area contributed by atoms with Gasteiger partial charge in [0.1, 0.15) is 6.61 Å². The molecule has 2 aromatic rings. The van der Waals surface area contributed by atoms with Crippen LogP contribution in [0, 0.1) is 11.3 Å². The lowest BCUT2D eigenvalue weighted by molar-refractivity contribution is 0.147. The molecule has 0 aromatic heterocycles. The highest BCUT2D eigenvalue weighted by molar-refractivity contribution is 8.13. The lowest BCUT2D eigenvalue weighted by Gasteiger charge is -2.21. The molecular formula is C17H15ClN2O4S. The van der Waals surface area contributed by atoms with Crippen LogP contribution in [0.2, 0.25) is 0 Å². The van der Waals surface area contributed by atoms with Gasteiger partial charge in [-0.25, -0.2) is 13.2 Å². The van der Waals surface area contributed by atoms with Gasteiger partial charge < -0.3 is 4.74 Å². The van der Waals surface area contributed by atoms with E-state index in [0.717, 1.165) is 5.56 Å². The van der Waals surface area contributed by atoms with Crippen molar-refractivity contribution in [2.75, 3.05) is 17.2 Å². The summed E-state index contributed by atoms with van der Waals surface area (Å²) >= 11 is 0. The Bertz CT molecular complexity index is 862. The minimum absolute atomic E-state index is 0.0556. The predicted molar refractivity (Wildman–Crippen MR) is 94.8 cm³/mol. The molecule has 0 saturated carbocycles. The molecule has 1 amide bonds.